The van der Waals surface area contributed by atoms with Crippen LogP contribution in [0.2, 0.25) is 18.1 Å². The van der Waals surface area contributed by atoms with Crippen LogP contribution in [0, 0.1) is 0 Å². The molecule has 0 bridgehead atoms. The predicted octanol–water partition coefficient (Wildman–Crippen LogP) is 3.74. The van der Waals surface area contributed by atoms with E-state index in [2.05, 4.69) is 46.2 Å². The Labute approximate surface area is 83.6 Å². The van der Waals surface area contributed by atoms with Crippen LogP contribution < -0.4 is 0 Å². The van der Waals surface area contributed by atoms with E-state index in [0.717, 1.165) is 5.57 Å². The molecule has 0 unspecified atom stereocenters. The first-order valence-electron chi connectivity index (χ1n) is 4.70. The normalized spacial score (nSPS) is 12.5. The van der Waals surface area contributed by atoms with Crippen LogP contribution in [-0.2, 0) is 4.43 Å². The van der Waals surface area contributed by atoms with E-state index in [1.807, 2.05) is 6.92 Å². The molecule has 0 rings (SSSR count). The van der Waals surface area contributed by atoms with Gasteiger partial charge in [-0.05, 0) is 30.6 Å². The highest BCUT2D eigenvalue weighted by Gasteiger charge is 2.36. The van der Waals surface area contributed by atoms with Crippen molar-refractivity contribution in [2.45, 2.75) is 45.8 Å². The van der Waals surface area contributed by atoms with Crippen molar-refractivity contribution in [1.29, 1.82) is 0 Å². The van der Waals surface area contributed by atoms with Crippen LogP contribution in [-0.4, -0.2) is 14.9 Å². The lowest BCUT2D eigenvalue weighted by Crippen LogP contribution is -2.41. The van der Waals surface area contributed by atoms with E-state index in [0.29, 0.717) is 6.61 Å². The third-order valence-corrected chi connectivity index (χ3v) is 7.24. The Morgan fingerprint density at radius 3 is 2.15 bits per heavy atom. The summed E-state index contributed by atoms with van der Waals surface area (Å²) in [4.78, 5) is 0. The minimum absolute atomic E-state index is 0.286. The molecule has 0 spiro atoms. The van der Waals surface area contributed by atoms with Gasteiger partial charge in [-0.15, -0.1) is 5.73 Å². The lowest BCUT2D eigenvalue weighted by Gasteiger charge is -2.36. The first-order valence-corrected chi connectivity index (χ1v) is 7.61. The highest BCUT2D eigenvalue weighted by atomic mass is 28.4. The fourth-order valence-corrected chi connectivity index (χ4v) is 1.57. The van der Waals surface area contributed by atoms with Gasteiger partial charge in [0, 0.05) is 0 Å². The van der Waals surface area contributed by atoms with Gasteiger partial charge in [0.05, 0.1) is 6.61 Å². The molecule has 2 heteroatoms. The topological polar surface area (TPSA) is 9.23 Å². The molecule has 0 saturated carbocycles. The molecule has 0 aliphatic carbocycles. The molecule has 0 aromatic rings. The van der Waals surface area contributed by atoms with Crippen molar-refractivity contribution in [2.75, 3.05) is 6.61 Å². The van der Waals surface area contributed by atoms with Crippen LogP contribution in [0.4, 0.5) is 0 Å². The maximum atomic E-state index is 5.95. The Balaban J connectivity index is 4.28. The van der Waals surface area contributed by atoms with Gasteiger partial charge in [-0.1, -0.05) is 27.4 Å². The van der Waals surface area contributed by atoms with Gasteiger partial charge in [-0.25, -0.2) is 0 Å². The van der Waals surface area contributed by atoms with E-state index in [4.69, 9.17) is 4.43 Å². The van der Waals surface area contributed by atoms with Gasteiger partial charge in [0.25, 0.3) is 0 Å². The Morgan fingerprint density at radius 2 is 1.85 bits per heavy atom. The zero-order chi connectivity index (χ0) is 10.7. The molecule has 0 aliphatic heterocycles. The van der Waals surface area contributed by atoms with Crippen LogP contribution in [0.15, 0.2) is 17.9 Å². The van der Waals surface area contributed by atoms with E-state index in [1.54, 1.807) is 0 Å². The Morgan fingerprint density at radius 1 is 1.38 bits per heavy atom. The van der Waals surface area contributed by atoms with Gasteiger partial charge in [-0.3, -0.25) is 0 Å². The highest BCUT2D eigenvalue weighted by Crippen LogP contribution is 2.36. The summed E-state index contributed by atoms with van der Waals surface area (Å²) in [6, 6.07) is 0. The monoisotopic (exact) mass is 198 g/mol. The molecule has 0 N–H and O–H groups in total. The average molecular weight is 198 g/mol. The van der Waals surface area contributed by atoms with Crippen molar-refractivity contribution in [3.63, 3.8) is 0 Å². The van der Waals surface area contributed by atoms with E-state index >= 15 is 0 Å². The molecular weight excluding hydrogens is 176 g/mol. The third-order valence-electron chi connectivity index (χ3n) is 2.76. The molecule has 0 radical (unpaired) electrons. The van der Waals surface area contributed by atoms with Crippen molar-refractivity contribution < 1.29 is 4.43 Å². The molecule has 0 amide bonds. The third kappa shape index (κ3) is 3.95. The Hall–Kier alpha value is -0.303. The fraction of sp³-hybridized carbons (Fsp3) is 0.727. The average Bonchev–Trinajstić information content (AvgIpc) is 1.98. The molecule has 0 heterocycles. The molecule has 0 aromatic carbocycles. The molecule has 0 aliphatic rings. The van der Waals surface area contributed by atoms with Gasteiger partial charge >= 0.3 is 0 Å². The zero-order valence-electron chi connectivity index (χ0n) is 9.82. The number of hydrogen-bond acceptors (Lipinski definition) is 1. The summed E-state index contributed by atoms with van der Waals surface area (Å²) >= 11 is 0. The van der Waals surface area contributed by atoms with Crippen molar-refractivity contribution in [1.82, 2.24) is 0 Å². The molecular formula is C11H22OSi. The summed E-state index contributed by atoms with van der Waals surface area (Å²) in [7, 11) is -1.57. The summed E-state index contributed by atoms with van der Waals surface area (Å²) in [5.74, 6) is 0. The predicted molar refractivity (Wildman–Crippen MR) is 61.5 cm³/mol. The molecule has 0 atom stereocenters. The lowest BCUT2D eigenvalue weighted by atomic mass is 10.2. The fourth-order valence-electron chi connectivity index (χ4n) is 0.556. The lowest BCUT2D eigenvalue weighted by molar-refractivity contribution is 0.319. The summed E-state index contributed by atoms with van der Waals surface area (Å²) in [6.07, 6.45) is 0. The Bertz CT molecular complexity index is 217. The van der Waals surface area contributed by atoms with Crippen molar-refractivity contribution >= 4 is 8.32 Å². The first kappa shape index (κ1) is 12.7. The minimum Gasteiger partial charge on any atom is -0.412 e. The molecule has 0 aromatic heterocycles. The van der Waals surface area contributed by atoms with Crippen LogP contribution in [0.3, 0.4) is 0 Å². The zero-order valence-corrected chi connectivity index (χ0v) is 10.8. The van der Waals surface area contributed by atoms with E-state index in [-0.39, 0.29) is 5.04 Å². The summed E-state index contributed by atoms with van der Waals surface area (Å²) in [5.41, 5.74) is 3.94. The maximum Gasteiger partial charge on any atom is 0.192 e. The van der Waals surface area contributed by atoms with Gasteiger partial charge < -0.3 is 4.43 Å². The summed E-state index contributed by atoms with van der Waals surface area (Å²) in [5, 5.41) is 0.286. The second-order valence-electron chi connectivity index (χ2n) is 5.01. The Kier molecular flexibility index (Phi) is 4.17. The second-order valence-corrected chi connectivity index (χ2v) is 9.82. The van der Waals surface area contributed by atoms with Gasteiger partial charge in [0.2, 0.25) is 0 Å². The van der Waals surface area contributed by atoms with Crippen LogP contribution in [0.5, 0.6) is 0 Å². The standard InChI is InChI=1S/C11H22OSi/c1-8-10(2)9-12-13(6,7)11(3,4)5/h1,9H2,2-7H3. The molecule has 76 valence electrons. The van der Waals surface area contributed by atoms with Crippen molar-refractivity contribution in [3.05, 3.63) is 17.9 Å². The number of hydrogen-bond donors (Lipinski definition) is 0. The van der Waals surface area contributed by atoms with Crippen molar-refractivity contribution in [3.8, 4) is 0 Å². The number of rotatable bonds is 3. The van der Waals surface area contributed by atoms with E-state index < -0.39 is 8.32 Å². The van der Waals surface area contributed by atoms with Gasteiger partial charge in [0.15, 0.2) is 8.32 Å². The molecule has 0 fully saturated rings. The molecule has 1 nitrogen and oxygen atoms in total. The van der Waals surface area contributed by atoms with Gasteiger partial charge in [0.1, 0.15) is 0 Å². The van der Waals surface area contributed by atoms with Crippen molar-refractivity contribution in [2.24, 2.45) is 0 Å². The first-order chi connectivity index (χ1) is 5.70. The largest absolute Gasteiger partial charge is 0.412 e. The summed E-state index contributed by atoms with van der Waals surface area (Å²) in [6.45, 7) is 17.5. The molecule has 13 heavy (non-hydrogen) atoms. The molecule has 0 saturated heterocycles. The van der Waals surface area contributed by atoms with Crippen LogP contribution in [0.1, 0.15) is 27.7 Å². The minimum atomic E-state index is -1.57. The SMILES string of the molecule is C=C=C(C)CO[Si](C)(C)C(C)(C)C. The van der Waals surface area contributed by atoms with Gasteiger partial charge in [-0.2, -0.15) is 0 Å². The van der Waals surface area contributed by atoms with E-state index in [1.165, 1.54) is 0 Å². The van der Waals surface area contributed by atoms with Crippen LogP contribution >= 0.6 is 0 Å². The van der Waals surface area contributed by atoms with Crippen LogP contribution in [0.25, 0.3) is 0 Å². The van der Waals surface area contributed by atoms with E-state index in [9.17, 15) is 0 Å². The quantitative estimate of drug-likeness (QED) is 0.496. The maximum absolute atomic E-state index is 5.95. The smallest absolute Gasteiger partial charge is 0.192 e. The second kappa shape index (κ2) is 4.27. The summed E-state index contributed by atoms with van der Waals surface area (Å²) < 4.78 is 5.95. The highest BCUT2D eigenvalue weighted by molar-refractivity contribution is 6.74.